The average molecular weight is 219 g/mol. The summed E-state index contributed by atoms with van der Waals surface area (Å²) in [6, 6.07) is 8.43. The van der Waals surface area contributed by atoms with Crippen LogP contribution in [0.4, 0.5) is 0 Å². The molecule has 0 unspecified atom stereocenters. The van der Waals surface area contributed by atoms with E-state index in [1.54, 1.807) is 0 Å². The number of hydrogen-bond acceptors (Lipinski definition) is 2. The van der Waals surface area contributed by atoms with E-state index < -0.39 is 0 Å². The second-order valence-electron chi connectivity index (χ2n) is 4.93. The Morgan fingerprint density at radius 3 is 2.56 bits per heavy atom. The quantitative estimate of drug-likeness (QED) is 0.815. The van der Waals surface area contributed by atoms with Crippen molar-refractivity contribution in [1.82, 2.24) is 5.32 Å². The van der Waals surface area contributed by atoms with E-state index in [1.807, 2.05) is 0 Å². The van der Waals surface area contributed by atoms with E-state index in [0.717, 1.165) is 19.4 Å². The molecule has 1 aromatic rings. The lowest BCUT2D eigenvalue weighted by molar-refractivity contribution is 0.163. The number of rotatable bonds is 4. The molecule has 0 bridgehead atoms. The highest BCUT2D eigenvalue weighted by Crippen LogP contribution is 2.29. The molecule has 0 radical (unpaired) electrons. The van der Waals surface area contributed by atoms with Gasteiger partial charge in [0.25, 0.3) is 0 Å². The van der Waals surface area contributed by atoms with Crippen LogP contribution in [0.15, 0.2) is 24.3 Å². The Balaban J connectivity index is 1.98. The number of benzene rings is 1. The zero-order chi connectivity index (χ0) is 11.4. The summed E-state index contributed by atoms with van der Waals surface area (Å²) in [4.78, 5) is 0. The van der Waals surface area contributed by atoms with Gasteiger partial charge in [0.05, 0.1) is 6.61 Å². The molecule has 1 aliphatic carbocycles. The van der Waals surface area contributed by atoms with Crippen LogP contribution in [0.1, 0.15) is 36.8 Å². The Kier molecular flexibility index (Phi) is 3.62. The van der Waals surface area contributed by atoms with Crippen LogP contribution in [0.2, 0.25) is 0 Å². The van der Waals surface area contributed by atoms with Gasteiger partial charge in [0.15, 0.2) is 0 Å². The predicted octanol–water partition coefficient (Wildman–Crippen LogP) is 2.39. The maximum absolute atomic E-state index is 9.50. The number of aliphatic hydroxyl groups is 1. The lowest BCUT2D eigenvalue weighted by Gasteiger charge is -2.28. The summed E-state index contributed by atoms with van der Waals surface area (Å²) in [6.45, 7) is 3.27. The zero-order valence-electron chi connectivity index (χ0n) is 10.00. The fraction of sp³-hybridized carbons (Fsp3) is 0.571. The Hall–Kier alpha value is -0.860. The van der Waals surface area contributed by atoms with Crippen molar-refractivity contribution in [2.75, 3.05) is 6.61 Å². The monoisotopic (exact) mass is 219 g/mol. The smallest absolute Gasteiger partial charge is 0.0613 e. The summed E-state index contributed by atoms with van der Waals surface area (Å²) in [6.07, 6.45) is 4.69. The Labute approximate surface area is 97.7 Å². The van der Waals surface area contributed by atoms with Crippen LogP contribution >= 0.6 is 0 Å². The molecule has 0 aliphatic heterocycles. The highest BCUT2D eigenvalue weighted by atomic mass is 16.3. The first-order chi connectivity index (χ1) is 7.76. The number of nitrogens with one attached hydrogen (secondary N) is 1. The molecule has 1 aromatic carbocycles. The molecule has 2 heteroatoms. The van der Waals surface area contributed by atoms with Gasteiger partial charge in [-0.1, -0.05) is 37.1 Å². The Bertz CT molecular complexity index is 342. The lowest BCUT2D eigenvalue weighted by Crippen LogP contribution is -2.45. The number of aryl methyl sites for hydroxylation is 1. The summed E-state index contributed by atoms with van der Waals surface area (Å²) >= 11 is 0. The van der Waals surface area contributed by atoms with Gasteiger partial charge < -0.3 is 10.4 Å². The summed E-state index contributed by atoms with van der Waals surface area (Å²) in [5.74, 6) is 0. The molecular formula is C14H21NO. The van der Waals surface area contributed by atoms with Crippen LogP contribution in [0.25, 0.3) is 0 Å². The largest absolute Gasteiger partial charge is 0.394 e. The number of aliphatic hydroxyl groups excluding tert-OH is 1. The highest BCUT2D eigenvalue weighted by molar-refractivity contribution is 5.25. The van der Waals surface area contributed by atoms with Gasteiger partial charge in [-0.15, -0.1) is 0 Å². The van der Waals surface area contributed by atoms with Gasteiger partial charge in [-0.05, 0) is 30.9 Å². The number of hydrogen-bond donors (Lipinski definition) is 2. The van der Waals surface area contributed by atoms with E-state index in [1.165, 1.54) is 24.0 Å². The molecule has 2 nitrogen and oxygen atoms in total. The standard InChI is InChI=1S/C14H21NO/c1-12-6-2-3-7-13(12)10-15-14(11-16)8-4-5-9-14/h2-3,6-7,15-16H,4-5,8-11H2,1H3. The summed E-state index contributed by atoms with van der Waals surface area (Å²) in [7, 11) is 0. The van der Waals surface area contributed by atoms with Crippen molar-refractivity contribution >= 4 is 0 Å². The van der Waals surface area contributed by atoms with Crippen molar-refractivity contribution in [3.8, 4) is 0 Å². The maximum atomic E-state index is 9.50. The zero-order valence-corrected chi connectivity index (χ0v) is 10.00. The van der Waals surface area contributed by atoms with Crippen molar-refractivity contribution in [3.05, 3.63) is 35.4 Å². The van der Waals surface area contributed by atoms with Gasteiger partial charge in [0.2, 0.25) is 0 Å². The van der Waals surface area contributed by atoms with E-state index in [0.29, 0.717) is 0 Å². The van der Waals surface area contributed by atoms with Gasteiger partial charge in [0, 0.05) is 12.1 Å². The van der Waals surface area contributed by atoms with Gasteiger partial charge in [0.1, 0.15) is 0 Å². The predicted molar refractivity (Wildman–Crippen MR) is 66.3 cm³/mol. The van der Waals surface area contributed by atoms with Crippen molar-refractivity contribution in [2.24, 2.45) is 0 Å². The topological polar surface area (TPSA) is 32.3 Å². The summed E-state index contributed by atoms with van der Waals surface area (Å²) in [5.41, 5.74) is 2.64. The third-order valence-corrected chi connectivity index (χ3v) is 3.78. The molecule has 2 rings (SSSR count). The van der Waals surface area contributed by atoms with Crippen molar-refractivity contribution in [1.29, 1.82) is 0 Å². The van der Waals surface area contributed by atoms with Crippen molar-refractivity contribution < 1.29 is 5.11 Å². The Morgan fingerprint density at radius 2 is 1.94 bits per heavy atom. The van der Waals surface area contributed by atoms with Crippen LogP contribution < -0.4 is 5.32 Å². The van der Waals surface area contributed by atoms with Gasteiger partial charge in [-0.2, -0.15) is 0 Å². The van der Waals surface area contributed by atoms with E-state index in [-0.39, 0.29) is 12.1 Å². The molecule has 88 valence electrons. The van der Waals surface area contributed by atoms with Gasteiger partial charge in [-0.3, -0.25) is 0 Å². The molecule has 0 saturated heterocycles. The van der Waals surface area contributed by atoms with Crippen LogP contribution in [-0.2, 0) is 6.54 Å². The second-order valence-corrected chi connectivity index (χ2v) is 4.93. The fourth-order valence-electron chi connectivity index (χ4n) is 2.53. The van der Waals surface area contributed by atoms with Crippen molar-refractivity contribution in [3.63, 3.8) is 0 Å². The molecule has 1 aliphatic rings. The normalized spacial score (nSPS) is 18.9. The minimum absolute atomic E-state index is 0.0116. The maximum Gasteiger partial charge on any atom is 0.0613 e. The molecule has 0 atom stereocenters. The molecule has 1 fully saturated rings. The summed E-state index contributed by atoms with van der Waals surface area (Å²) in [5, 5.41) is 13.1. The summed E-state index contributed by atoms with van der Waals surface area (Å²) < 4.78 is 0. The first-order valence-electron chi connectivity index (χ1n) is 6.16. The molecular weight excluding hydrogens is 198 g/mol. The van der Waals surface area contributed by atoms with E-state index in [2.05, 4.69) is 36.5 Å². The molecule has 16 heavy (non-hydrogen) atoms. The fourth-order valence-corrected chi connectivity index (χ4v) is 2.53. The van der Waals surface area contributed by atoms with E-state index in [4.69, 9.17) is 0 Å². The van der Waals surface area contributed by atoms with E-state index >= 15 is 0 Å². The highest BCUT2D eigenvalue weighted by Gasteiger charge is 2.32. The minimum atomic E-state index is -0.0116. The molecule has 0 amide bonds. The SMILES string of the molecule is Cc1ccccc1CNC1(CO)CCCC1. The first-order valence-corrected chi connectivity index (χ1v) is 6.16. The molecule has 0 spiro atoms. The Morgan fingerprint density at radius 1 is 1.25 bits per heavy atom. The van der Waals surface area contributed by atoms with Crippen LogP contribution in [0.5, 0.6) is 0 Å². The van der Waals surface area contributed by atoms with Crippen LogP contribution in [-0.4, -0.2) is 17.3 Å². The third kappa shape index (κ3) is 2.45. The second kappa shape index (κ2) is 4.98. The van der Waals surface area contributed by atoms with E-state index in [9.17, 15) is 5.11 Å². The third-order valence-electron chi connectivity index (χ3n) is 3.78. The molecule has 1 saturated carbocycles. The lowest BCUT2D eigenvalue weighted by atomic mass is 9.98. The van der Waals surface area contributed by atoms with Gasteiger partial charge in [-0.25, -0.2) is 0 Å². The molecule has 0 aromatic heterocycles. The molecule has 0 heterocycles. The van der Waals surface area contributed by atoms with Gasteiger partial charge >= 0.3 is 0 Å². The van der Waals surface area contributed by atoms with Crippen LogP contribution in [0, 0.1) is 6.92 Å². The van der Waals surface area contributed by atoms with Crippen molar-refractivity contribution in [2.45, 2.75) is 44.7 Å². The first kappa shape index (κ1) is 11.6. The van der Waals surface area contributed by atoms with Crippen LogP contribution in [0.3, 0.4) is 0 Å². The average Bonchev–Trinajstić information content (AvgIpc) is 2.78. The minimum Gasteiger partial charge on any atom is -0.394 e. The molecule has 2 N–H and O–H groups in total.